The number of para-hydroxylation sites is 2. The predicted octanol–water partition coefficient (Wildman–Crippen LogP) is 2.16. The summed E-state index contributed by atoms with van der Waals surface area (Å²) in [6.45, 7) is 4.70. The Hall–Kier alpha value is -1.71. The van der Waals surface area contributed by atoms with Crippen LogP contribution in [0.5, 0.6) is 5.75 Å². The van der Waals surface area contributed by atoms with Crippen molar-refractivity contribution < 1.29 is 9.53 Å². The van der Waals surface area contributed by atoms with Crippen LogP contribution in [0.15, 0.2) is 24.3 Å². The van der Waals surface area contributed by atoms with Crippen LogP contribution in [0.2, 0.25) is 0 Å². The fraction of sp³-hybridized carbons (Fsp3) is 0.533. The van der Waals surface area contributed by atoms with E-state index in [1.54, 1.807) is 0 Å². The Morgan fingerprint density at radius 2 is 2.11 bits per heavy atom. The zero-order valence-corrected chi connectivity index (χ0v) is 11.4. The molecular formula is C15H20N2O2. The molecule has 0 spiro atoms. The fourth-order valence-electron chi connectivity index (χ4n) is 2.56. The van der Waals surface area contributed by atoms with Gasteiger partial charge in [-0.15, -0.1) is 0 Å². The Bertz CT molecular complexity index is 495. The SMILES string of the molecule is CC(C)(NC(=O)C1CNc2ccccc2O1)C1CC1. The fourth-order valence-corrected chi connectivity index (χ4v) is 2.56. The lowest BCUT2D eigenvalue weighted by molar-refractivity contribution is -0.129. The molecule has 1 aliphatic carbocycles. The van der Waals surface area contributed by atoms with Gasteiger partial charge >= 0.3 is 0 Å². The molecule has 4 nitrogen and oxygen atoms in total. The van der Waals surface area contributed by atoms with E-state index < -0.39 is 6.10 Å². The van der Waals surface area contributed by atoms with Gasteiger partial charge in [0, 0.05) is 5.54 Å². The molecule has 0 aromatic heterocycles. The van der Waals surface area contributed by atoms with Gasteiger partial charge in [0.25, 0.3) is 5.91 Å². The summed E-state index contributed by atoms with van der Waals surface area (Å²) in [7, 11) is 0. The zero-order valence-electron chi connectivity index (χ0n) is 11.4. The van der Waals surface area contributed by atoms with Crippen LogP contribution in [0.3, 0.4) is 0 Å². The van der Waals surface area contributed by atoms with Gasteiger partial charge in [-0.2, -0.15) is 0 Å². The summed E-state index contributed by atoms with van der Waals surface area (Å²) in [5.41, 5.74) is 0.824. The number of ether oxygens (including phenoxy) is 1. The molecule has 2 N–H and O–H groups in total. The largest absolute Gasteiger partial charge is 0.477 e. The van der Waals surface area contributed by atoms with Gasteiger partial charge in [0.05, 0.1) is 12.2 Å². The molecule has 19 heavy (non-hydrogen) atoms. The first-order valence-corrected chi connectivity index (χ1v) is 6.88. The number of benzene rings is 1. The zero-order chi connectivity index (χ0) is 13.5. The number of nitrogens with one attached hydrogen (secondary N) is 2. The van der Waals surface area contributed by atoms with E-state index in [0.717, 1.165) is 11.4 Å². The number of rotatable bonds is 3. The number of hydrogen-bond acceptors (Lipinski definition) is 3. The molecule has 1 saturated carbocycles. The van der Waals surface area contributed by atoms with Crippen molar-refractivity contribution in [3.05, 3.63) is 24.3 Å². The molecule has 1 aromatic carbocycles. The van der Waals surface area contributed by atoms with E-state index in [2.05, 4.69) is 24.5 Å². The molecule has 0 bridgehead atoms. The number of carbonyl (C=O) groups is 1. The average molecular weight is 260 g/mol. The van der Waals surface area contributed by atoms with Crippen LogP contribution in [0.25, 0.3) is 0 Å². The topological polar surface area (TPSA) is 50.4 Å². The van der Waals surface area contributed by atoms with E-state index in [4.69, 9.17) is 4.74 Å². The van der Waals surface area contributed by atoms with Gasteiger partial charge in [0.2, 0.25) is 0 Å². The summed E-state index contributed by atoms with van der Waals surface area (Å²) >= 11 is 0. The third kappa shape index (κ3) is 2.53. The molecule has 1 atom stereocenters. The second-order valence-corrected chi connectivity index (χ2v) is 5.97. The summed E-state index contributed by atoms with van der Waals surface area (Å²) in [6.07, 6.45) is 1.97. The van der Waals surface area contributed by atoms with Crippen LogP contribution in [0.1, 0.15) is 26.7 Å². The van der Waals surface area contributed by atoms with E-state index in [0.29, 0.717) is 12.5 Å². The molecule has 2 aliphatic rings. The highest BCUT2D eigenvalue weighted by molar-refractivity contribution is 5.83. The predicted molar refractivity (Wildman–Crippen MR) is 74.3 cm³/mol. The first kappa shape index (κ1) is 12.3. The van der Waals surface area contributed by atoms with E-state index in [1.807, 2.05) is 24.3 Å². The van der Waals surface area contributed by atoms with Gasteiger partial charge in [0.1, 0.15) is 5.75 Å². The minimum Gasteiger partial charge on any atom is -0.477 e. The maximum absolute atomic E-state index is 12.3. The Labute approximate surface area is 113 Å². The highest BCUT2D eigenvalue weighted by atomic mass is 16.5. The van der Waals surface area contributed by atoms with Crippen LogP contribution in [-0.2, 0) is 4.79 Å². The molecule has 1 aromatic rings. The van der Waals surface area contributed by atoms with Crippen molar-refractivity contribution in [3.63, 3.8) is 0 Å². The molecule has 1 heterocycles. The van der Waals surface area contributed by atoms with E-state index >= 15 is 0 Å². The van der Waals surface area contributed by atoms with Crippen LogP contribution in [0, 0.1) is 5.92 Å². The third-order valence-electron chi connectivity index (χ3n) is 3.97. The first-order valence-electron chi connectivity index (χ1n) is 6.88. The Morgan fingerprint density at radius 3 is 2.84 bits per heavy atom. The summed E-state index contributed by atoms with van der Waals surface area (Å²) in [4.78, 5) is 12.3. The van der Waals surface area contributed by atoms with Crippen molar-refractivity contribution in [2.24, 2.45) is 5.92 Å². The molecule has 1 unspecified atom stereocenters. The minimum absolute atomic E-state index is 0.0288. The summed E-state index contributed by atoms with van der Waals surface area (Å²) in [6, 6.07) is 7.70. The highest BCUT2D eigenvalue weighted by Gasteiger charge is 2.40. The molecule has 0 radical (unpaired) electrons. The molecular weight excluding hydrogens is 240 g/mol. The summed E-state index contributed by atoms with van der Waals surface area (Å²) < 4.78 is 5.77. The highest BCUT2D eigenvalue weighted by Crippen LogP contribution is 2.39. The lowest BCUT2D eigenvalue weighted by Gasteiger charge is -2.31. The quantitative estimate of drug-likeness (QED) is 0.875. The van der Waals surface area contributed by atoms with E-state index in [9.17, 15) is 4.79 Å². The number of anilines is 1. The van der Waals surface area contributed by atoms with Crippen LogP contribution in [0.4, 0.5) is 5.69 Å². The van der Waals surface area contributed by atoms with Crippen LogP contribution >= 0.6 is 0 Å². The van der Waals surface area contributed by atoms with Crippen molar-refractivity contribution in [3.8, 4) is 5.75 Å². The summed E-state index contributed by atoms with van der Waals surface area (Å²) in [5, 5.41) is 6.35. The van der Waals surface area contributed by atoms with Crippen LogP contribution in [-0.4, -0.2) is 24.1 Å². The second-order valence-electron chi connectivity index (χ2n) is 5.97. The van der Waals surface area contributed by atoms with Gasteiger partial charge in [-0.3, -0.25) is 4.79 Å². The standard InChI is InChI=1S/C15H20N2O2/c1-15(2,10-7-8-10)17-14(18)13-9-16-11-5-3-4-6-12(11)19-13/h3-6,10,13,16H,7-9H2,1-2H3,(H,17,18). The maximum Gasteiger partial charge on any atom is 0.263 e. The molecule has 1 aliphatic heterocycles. The first-order chi connectivity index (χ1) is 9.06. The van der Waals surface area contributed by atoms with Crippen molar-refractivity contribution >= 4 is 11.6 Å². The van der Waals surface area contributed by atoms with Crippen molar-refractivity contribution in [2.45, 2.75) is 38.3 Å². The van der Waals surface area contributed by atoms with Crippen LogP contribution < -0.4 is 15.4 Å². The monoisotopic (exact) mass is 260 g/mol. The Kier molecular flexibility index (Phi) is 2.88. The van der Waals surface area contributed by atoms with Crippen molar-refractivity contribution in [1.29, 1.82) is 0 Å². The summed E-state index contributed by atoms with van der Waals surface area (Å²) in [5.74, 6) is 1.33. The molecule has 1 fully saturated rings. The number of hydrogen-bond donors (Lipinski definition) is 2. The normalized spacial score (nSPS) is 21.9. The third-order valence-corrected chi connectivity index (χ3v) is 3.97. The number of fused-ring (bicyclic) bond motifs is 1. The van der Waals surface area contributed by atoms with E-state index in [1.165, 1.54) is 12.8 Å². The van der Waals surface area contributed by atoms with Gasteiger partial charge in [-0.25, -0.2) is 0 Å². The van der Waals surface area contributed by atoms with Gasteiger partial charge in [-0.1, -0.05) is 12.1 Å². The van der Waals surface area contributed by atoms with Gasteiger partial charge in [0.15, 0.2) is 6.10 Å². The van der Waals surface area contributed by atoms with Crippen molar-refractivity contribution in [1.82, 2.24) is 5.32 Å². The average Bonchev–Trinajstić information content (AvgIpc) is 3.22. The smallest absolute Gasteiger partial charge is 0.263 e. The number of carbonyl (C=O) groups excluding carboxylic acids is 1. The molecule has 3 rings (SSSR count). The Morgan fingerprint density at radius 1 is 1.37 bits per heavy atom. The molecule has 0 saturated heterocycles. The molecule has 1 amide bonds. The Balaban J connectivity index is 1.66. The lowest BCUT2D eigenvalue weighted by atomic mass is 9.98. The molecule has 102 valence electrons. The molecule has 4 heteroatoms. The minimum atomic E-state index is -0.451. The van der Waals surface area contributed by atoms with E-state index in [-0.39, 0.29) is 11.4 Å². The second kappa shape index (κ2) is 4.44. The van der Waals surface area contributed by atoms with Gasteiger partial charge < -0.3 is 15.4 Å². The van der Waals surface area contributed by atoms with Gasteiger partial charge in [-0.05, 0) is 44.7 Å². The van der Waals surface area contributed by atoms with Crippen molar-refractivity contribution in [2.75, 3.05) is 11.9 Å². The maximum atomic E-state index is 12.3. The lowest BCUT2D eigenvalue weighted by Crippen LogP contribution is -2.53. The number of amides is 1.